The number of benzene rings is 1. The van der Waals surface area contributed by atoms with E-state index in [0.717, 1.165) is 12.8 Å². The molecule has 0 aliphatic heterocycles. The Hall–Kier alpha value is -2.69. The first-order valence-corrected chi connectivity index (χ1v) is 9.46. The van der Waals surface area contributed by atoms with Crippen molar-refractivity contribution in [1.29, 1.82) is 0 Å². The number of pyridine rings is 1. The lowest BCUT2D eigenvalue weighted by molar-refractivity contribution is -0.126. The summed E-state index contributed by atoms with van der Waals surface area (Å²) in [6.45, 7) is 0. The minimum atomic E-state index is -0.481. The zero-order valence-electron chi connectivity index (χ0n) is 15.6. The minimum absolute atomic E-state index is 0.0435. The van der Waals surface area contributed by atoms with Crippen molar-refractivity contribution in [3.8, 4) is 11.5 Å². The minimum Gasteiger partial charge on any atom is -0.453 e. The van der Waals surface area contributed by atoms with Gasteiger partial charge in [-0.05, 0) is 48.7 Å². The summed E-state index contributed by atoms with van der Waals surface area (Å²) in [5, 5.41) is 0. The molecule has 0 saturated heterocycles. The number of halogens is 1. The van der Waals surface area contributed by atoms with E-state index >= 15 is 0 Å². The highest BCUT2D eigenvalue weighted by Crippen LogP contribution is 2.25. The fraction of sp³-hybridized carbons (Fsp3) is 0.364. The summed E-state index contributed by atoms with van der Waals surface area (Å²) >= 11 is 0. The molecule has 1 aliphatic carbocycles. The van der Waals surface area contributed by atoms with Crippen molar-refractivity contribution in [3.63, 3.8) is 0 Å². The molecule has 0 spiro atoms. The lowest BCUT2D eigenvalue weighted by Gasteiger charge is -2.26. The number of nitrogens with zero attached hydrogens (tertiary/aromatic N) is 2. The largest absolute Gasteiger partial charge is 0.453 e. The van der Waals surface area contributed by atoms with E-state index in [1.807, 2.05) is 11.9 Å². The van der Waals surface area contributed by atoms with Crippen molar-refractivity contribution in [2.24, 2.45) is 0 Å². The first-order chi connectivity index (χ1) is 13.1. The van der Waals surface area contributed by atoms with Crippen LogP contribution in [0.15, 0.2) is 48.8 Å². The molecule has 0 atom stereocenters. The molecule has 1 aromatic carbocycles. The Morgan fingerprint density at radius 3 is 2.67 bits per heavy atom. The second kappa shape index (κ2) is 9.31. The Morgan fingerprint density at radius 1 is 1.22 bits per heavy atom. The Morgan fingerprint density at radius 2 is 2.00 bits per heavy atom. The highest BCUT2D eigenvalue weighted by Gasteiger charge is 2.19. The van der Waals surface area contributed by atoms with Crippen molar-refractivity contribution in [1.82, 2.24) is 9.88 Å². The fourth-order valence-electron chi connectivity index (χ4n) is 3.35. The highest BCUT2D eigenvalue weighted by molar-refractivity contribution is 5.91. The first kappa shape index (κ1) is 19.1. The normalized spacial score (nSPS) is 15.5. The number of amides is 1. The van der Waals surface area contributed by atoms with Crippen LogP contribution in [0.25, 0.3) is 6.08 Å². The number of ether oxygens (including phenoxy) is 1. The second-order valence-electron chi connectivity index (χ2n) is 6.91. The maximum absolute atomic E-state index is 14.3. The quantitative estimate of drug-likeness (QED) is 0.538. The van der Waals surface area contributed by atoms with Crippen LogP contribution in [0.5, 0.6) is 11.5 Å². The summed E-state index contributed by atoms with van der Waals surface area (Å²) in [7, 11) is 1.86. The Balaban J connectivity index is 1.62. The molecule has 3 rings (SSSR count). The molecule has 1 aliphatic rings. The van der Waals surface area contributed by atoms with Gasteiger partial charge in [-0.2, -0.15) is 0 Å². The van der Waals surface area contributed by atoms with E-state index in [1.165, 1.54) is 44.0 Å². The number of rotatable bonds is 5. The monoisotopic (exact) mass is 368 g/mol. The predicted molar refractivity (Wildman–Crippen MR) is 104 cm³/mol. The van der Waals surface area contributed by atoms with Gasteiger partial charge in [-0.1, -0.05) is 31.7 Å². The molecule has 1 saturated carbocycles. The van der Waals surface area contributed by atoms with Crippen LogP contribution < -0.4 is 4.74 Å². The average molecular weight is 368 g/mol. The number of hydrogen-bond donors (Lipinski definition) is 0. The SMILES string of the molecule is CN(C(=O)/C=C/c1ccc(Oc2cccnc2)c(F)c1)C1CCCCCC1. The summed E-state index contributed by atoms with van der Waals surface area (Å²) in [5.41, 5.74) is 0.619. The van der Waals surface area contributed by atoms with Crippen molar-refractivity contribution in [2.75, 3.05) is 7.05 Å². The van der Waals surface area contributed by atoms with Gasteiger partial charge in [0.2, 0.25) is 5.91 Å². The Kier molecular flexibility index (Phi) is 6.58. The molecule has 1 amide bonds. The van der Waals surface area contributed by atoms with E-state index in [0.29, 0.717) is 17.4 Å². The molecule has 4 nitrogen and oxygen atoms in total. The topological polar surface area (TPSA) is 42.4 Å². The third-order valence-electron chi connectivity index (χ3n) is 4.96. The zero-order valence-corrected chi connectivity index (χ0v) is 15.6. The molecular weight excluding hydrogens is 343 g/mol. The first-order valence-electron chi connectivity index (χ1n) is 9.46. The summed E-state index contributed by atoms with van der Waals surface area (Å²) in [5.74, 6) is 0.0746. The fourth-order valence-corrected chi connectivity index (χ4v) is 3.35. The van der Waals surface area contributed by atoms with Gasteiger partial charge in [0.15, 0.2) is 11.6 Å². The lowest BCUT2D eigenvalue weighted by Crippen LogP contribution is -2.35. The van der Waals surface area contributed by atoms with Crippen LogP contribution in [0.1, 0.15) is 44.1 Å². The summed E-state index contributed by atoms with van der Waals surface area (Å²) in [4.78, 5) is 18.2. The standard InChI is InChI=1S/C22H25FN2O2/c1-25(18-7-4-2-3-5-8-18)22(26)13-11-17-10-12-21(20(23)15-17)27-19-9-6-14-24-16-19/h6,9-16,18H,2-5,7-8H2,1H3/b13-11+. The molecule has 0 bridgehead atoms. The summed E-state index contributed by atoms with van der Waals surface area (Å²) < 4.78 is 19.8. The molecular formula is C22H25FN2O2. The van der Waals surface area contributed by atoms with Crippen LogP contribution in [-0.2, 0) is 4.79 Å². The summed E-state index contributed by atoms with van der Waals surface area (Å²) in [6.07, 6.45) is 13.3. The molecule has 0 unspecified atom stereocenters. The van der Waals surface area contributed by atoms with Gasteiger partial charge in [0, 0.05) is 25.4 Å². The van der Waals surface area contributed by atoms with Gasteiger partial charge in [-0.3, -0.25) is 9.78 Å². The molecule has 1 heterocycles. The number of likely N-dealkylation sites (N-methyl/N-ethyl adjacent to an activating group) is 1. The van der Waals surface area contributed by atoms with E-state index in [-0.39, 0.29) is 11.7 Å². The van der Waals surface area contributed by atoms with Crippen LogP contribution in [-0.4, -0.2) is 28.9 Å². The number of hydrogen-bond acceptors (Lipinski definition) is 3. The van der Waals surface area contributed by atoms with Crippen LogP contribution in [0, 0.1) is 5.82 Å². The van der Waals surface area contributed by atoms with Gasteiger partial charge in [0.05, 0.1) is 6.20 Å². The number of aromatic nitrogens is 1. The molecule has 27 heavy (non-hydrogen) atoms. The smallest absolute Gasteiger partial charge is 0.246 e. The maximum atomic E-state index is 14.3. The summed E-state index contributed by atoms with van der Waals surface area (Å²) in [6, 6.07) is 8.38. The highest BCUT2D eigenvalue weighted by atomic mass is 19.1. The molecule has 2 aromatic rings. The zero-order chi connectivity index (χ0) is 19.1. The Labute approximate surface area is 159 Å². The van der Waals surface area contributed by atoms with Crippen molar-refractivity contribution >= 4 is 12.0 Å². The van der Waals surface area contributed by atoms with Gasteiger partial charge in [0.1, 0.15) is 5.75 Å². The van der Waals surface area contributed by atoms with Crippen molar-refractivity contribution < 1.29 is 13.9 Å². The second-order valence-corrected chi connectivity index (χ2v) is 6.91. The van der Waals surface area contributed by atoms with E-state index in [1.54, 1.807) is 36.5 Å². The van der Waals surface area contributed by atoms with Gasteiger partial charge in [-0.25, -0.2) is 4.39 Å². The Bertz CT molecular complexity index is 784. The van der Waals surface area contributed by atoms with Gasteiger partial charge < -0.3 is 9.64 Å². The third-order valence-corrected chi connectivity index (χ3v) is 4.96. The molecule has 1 aromatic heterocycles. The number of carbonyl (C=O) groups is 1. The molecule has 1 fully saturated rings. The van der Waals surface area contributed by atoms with Gasteiger partial charge in [0.25, 0.3) is 0 Å². The third kappa shape index (κ3) is 5.39. The van der Waals surface area contributed by atoms with Crippen LogP contribution in [0.3, 0.4) is 0 Å². The van der Waals surface area contributed by atoms with Crippen LogP contribution in [0.2, 0.25) is 0 Å². The van der Waals surface area contributed by atoms with Gasteiger partial charge in [-0.15, -0.1) is 0 Å². The van der Waals surface area contributed by atoms with Crippen molar-refractivity contribution in [2.45, 2.75) is 44.6 Å². The average Bonchev–Trinajstić information content (AvgIpc) is 2.98. The van der Waals surface area contributed by atoms with E-state index in [9.17, 15) is 9.18 Å². The molecule has 142 valence electrons. The van der Waals surface area contributed by atoms with Crippen molar-refractivity contribution in [3.05, 3.63) is 60.2 Å². The van der Waals surface area contributed by atoms with E-state index in [4.69, 9.17) is 4.74 Å². The molecule has 5 heteroatoms. The van der Waals surface area contributed by atoms with Gasteiger partial charge >= 0.3 is 0 Å². The number of carbonyl (C=O) groups excluding carboxylic acids is 1. The van der Waals surface area contributed by atoms with Crippen LogP contribution in [0.4, 0.5) is 4.39 Å². The maximum Gasteiger partial charge on any atom is 0.246 e. The van der Waals surface area contributed by atoms with E-state index < -0.39 is 5.82 Å². The van der Waals surface area contributed by atoms with Crippen LogP contribution >= 0.6 is 0 Å². The van der Waals surface area contributed by atoms with E-state index in [2.05, 4.69) is 4.98 Å². The molecule has 0 radical (unpaired) electrons. The predicted octanol–water partition coefficient (Wildman–Crippen LogP) is 5.21. The molecule has 0 N–H and O–H groups in total. The lowest BCUT2D eigenvalue weighted by atomic mass is 10.1.